The topological polar surface area (TPSA) is 46.5 Å². The summed E-state index contributed by atoms with van der Waals surface area (Å²) < 4.78 is 4.81. The minimum Gasteiger partial charge on any atom is -0.479 e. The van der Waals surface area contributed by atoms with Crippen molar-refractivity contribution in [3.8, 4) is 0 Å². The molecule has 0 amide bonds. The molecule has 0 aromatic heterocycles. The molecule has 12 heavy (non-hydrogen) atoms. The summed E-state index contributed by atoms with van der Waals surface area (Å²) in [5.74, 6) is -0.831. The maximum absolute atomic E-state index is 10.1. The molecule has 1 fully saturated rings. The molecule has 1 N–H and O–H groups in total. The van der Waals surface area contributed by atoms with Crippen LogP contribution < -0.4 is 0 Å². The first-order valence-corrected chi connectivity index (χ1v) is 2.65. The number of carboxylic acid groups (broad SMARTS) is 1. The zero-order chi connectivity index (χ0) is 5.98. The van der Waals surface area contributed by atoms with Crippen molar-refractivity contribution in [1.82, 2.24) is 0 Å². The van der Waals surface area contributed by atoms with Crippen molar-refractivity contribution in [3.63, 3.8) is 0 Å². The summed E-state index contributed by atoms with van der Waals surface area (Å²) in [5, 5.41) is 8.29. The number of carboxylic acids is 1. The summed E-state index contributed by atoms with van der Waals surface area (Å²) in [4.78, 5) is 10.1. The van der Waals surface area contributed by atoms with Crippen molar-refractivity contribution in [2.75, 3.05) is 6.61 Å². The van der Waals surface area contributed by atoms with Gasteiger partial charge in [-0.25, -0.2) is 4.79 Å². The second-order valence-electron chi connectivity index (χ2n) is 1.84. The van der Waals surface area contributed by atoms with Crippen LogP contribution >= 0.6 is 37.2 Å². The molecule has 1 aliphatic rings. The number of hydrogen-bond donors (Lipinski definition) is 1. The summed E-state index contributed by atoms with van der Waals surface area (Å²) in [7, 11) is 0. The van der Waals surface area contributed by atoms with Crippen LogP contribution in [-0.4, -0.2) is 23.8 Å². The molecule has 1 unspecified atom stereocenters. The van der Waals surface area contributed by atoms with Gasteiger partial charge < -0.3 is 9.84 Å². The van der Waals surface area contributed by atoms with Gasteiger partial charge in [-0.05, 0) is 12.8 Å². The van der Waals surface area contributed by atoms with E-state index in [4.69, 9.17) is 9.84 Å². The summed E-state index contributed by atoms with van der Waals surface area (Å²) in [5.41, 5.74) is 0. The maximum Gasteiger partial charge on any atom is 0.332 e. The van der Waals surface area contributed by atoms with E-state index in [1.807, 2.05) is 0 Å². The second kappa shape index (κ2) is 11.8. The van der Waals surface area contributed by atoms with Crippen LogP contribution in [0.15, 0.2) is 0 Å². The molecular weight excluding hydrogens is 266 g/mol. The monoisotopic (exact) mass is 276 g/mol. The molecule has 0 radical (unpaired) electrons. The smallest absolute Gasteiger partial charge is 0.332 e. The van der Waals surface area contributed by atoms with Crippen LogP contribution in [0.2, 0.25) is 0 Å². The van der Waals surface area contributed by atoms with Crippen LogP contribution in [0.4, 0.5) is 0 Å². The third kappa shape index (κ3) is 7.48. The molecule has 1 heterocycles. The van der Waals surface area contributed by atoms with Gasteiger partial charge in [0.1, 0.15) is 0 Å². The third-order valence-corrected chi connectivity index (χ3v) is 1.21. The molecule has 1 atom stereocenters. The van der Waals surface area contributed by atoms with Crippen LogP contribution in [0.25, 0.3) is 0 Å². The molecule has 0 aromatic carbocycles. The van der Waals surface area contributed by atoms with Crippen molar-refractivity contribution in [2.24, 2.45) is 0 Å². The van der Waals surface area contributed by atoms with E-state index in [1.54, 1.807) is 0 Å². The Morgan fingerprint density at radius 2 is 1.83 bits per heavy atom. The fourth-order valence-corrected chi connectivity index (χ4v) is 0.772. The first-order chi connectivity index (χ1) is 3.80. The van der Waals surface area contributed by atoms with Crippen LogP contribution in [0, 0.1) is 0 Å². The number of carbonyl (C=O) groups is 1. The van der Waals surface area contributed by atoms with E-state index in [1.165, 1.54) is 0 Å². The Labute approximate surface area is 101 Å². The van der Waals surface area contributed by atoms with Gasteiger partial charge in [0.25, 0.3) is 0 Å². The van der Waals surface area contributed by atoms with Gasteiger partial charge in [-0.3, -0.25) is 0 Å². The van der Waals surface area contributed by atoms with Crippen LogP contribution in [-0.2, 0) is 26.9 Å². The predicted molar refractivity (Wildman–Crippen MR) is 48.4 cm³/mol. The molecule has 0 aliphatic carbocycles. The molecule has 1 aliphatic heterocycles. The average molecular weight is 277 g/mol. The van der Waals surface area contributed by atoms with Crippen LogP contribution in [0.3, 0.4) is 0 Å². The zero-order valence-electron chi connectivity index (χ0n) is 6.10. The van der Waals surface area contributed by atoms with E-state index in [2.05, 4.69) is 0 Å². The molecule has 0 aromatic rings. The van der Waals surface area contributed by atoms with Crippen molar-refractivity contribution < 1.29 is 32.0 Å². The van der Waals surface area contributed by atoms with E-state index >= 15 is 0 Å². The molecule has 7 heteroatoms. The second-order valence-corrected chi connectivity index (χ2v) is 1.84. The van der Waals surface area contributed by atoms with E-state index in [-0.39, 0.29) is 54.6 Å². The van der Waals surface area contributed by atoms with E-state index in [0.717, 1.165) is 6.42 Å². The Kier molecular flexibility index (Phi) is 22.7. The molecule has 3 nitrogen and oxygen atoms in total. The minimum absolute atomic E-state index is 0. The van der Waals surface area contributed by atoms with Crippen molar-refractivity contribution in [1.29, 1.82) is 0 Å². The number of ether oxygens (including phenoxy) is 1. The first kappa shape index (κ1) is 23.0. The predicted octanol–water partition coefficient (Wildman–Crippen LogP) is 1.51. The summed E-state index contributed by atoms with van der Waals surface area (Å²) >= 11 is 0. The van der Waals surface area contributed by atoms with Crippen LogP contribution in [0.1, 0.15) is 12.8 Å². The van der Waals surface area contributed by atoms with Gasteiger partial charge in [-0.1, -0.05) is 0 Å². The Balaban J connectivity index is -0.0000000800. The quantitative estimate of drug-likeness (QED) is 0.790. The van der Waals surface area contributed by atoms with Gasteiger partial charge in [-0.15, -0.1) is 37.2 Å². The molecule has 0 saturated carbocycles. The van der Waals surface area contributed by atoms with Gasteiger partial charge in [-0.2, -0.15) is 0 Å². The first-order valence-electron chi connectivity index (χ1n) is 2.65. The van der Waals surface area contributed by atoms with Gasteiger partial charge >= 0.3 is 5.97 Å². The minimum atomic E-state index is -0.831. The molecule has 1 rings (SSSR count). The van der Waals surface area contributed by atoms with Crippen molar-refractivity contribution in [3.05, 3.63) is 0 Å². The fraction of sp³-hybridized carbons (Fsp3) is 0.800. The molecular formula is C5H11Cl3CrO3. The fourth-order valence-electron chi connectivity index (χ4n) is 0.772. The number of rotatable bonds is 1. The van der Waals surface area contributed by atoms with Crippen LogP contribution in [0.5, 0.6) is 0 Å². The van der Waals surface area contributed by atoms with Gasteiger partial charge in [0, 0.05) is 24.0 Å². The molecule has 0 bridgehead atoms. The Morgan fingerprint density at radius 1 is 1.33 bits per heavy atom. The summed E-state index contributed by atoms with van der Waals surface area (Å²) in [6.45, 7) is 0.608. The zero-order valence-corrected chi connectivity index (χ0v) is 9.82. The normalized spacial score (nSPS) is 18.8. The standard InChI is InChI=1S/C5H8O3.3ClH.Cr/c6-5(7)4-2-1-3-8-4;;;;/h4H,1-3H2,(H,6,7);3*1H;. The Morgan fingerprint density at radius 3 is 2.00 bits per heavy atom. The summed E-state index contributed by atoms with van der Waals surface area (Å²) in [6, 6.07) is 0. The Bertz CT molecular complexity index is 108. The van der Waals surface area contributed by atoms with E-state index in [9.17, 15) is 4.79 Å². The summed E-state index contributed by atoms with van der Waals surface area (Å²) in [6.07, 6.45) is 1.04. The third-order valence-electron chi connectivity index (χ3n) is 1.21. The number of halogens is 3. The van der Waals surface area contributed by atoms with Gasteiger partial charge in [0.2, 0.25) is 0 Å². The molecule has 76 valence electrons. The number of hydrogen-bond acceptors (Lipinski definition) is 2. The van der Waals surface area contributed by atoms with E-state index in [0.29, 0.717) is 13.0 Å². The molecule has 0 spiro atoms. The van der Waals surface area contributed by atoms with E-state index < -0.39 is 12.1 Å². The number of aliphatic carboxylic acids is 1. The van der Waals surface area contributed by atoms with Crippen molar-refractivity contribution >= 4 is 43.2 Å². The molecule has 1 saturated heterocycles. The van der Waals surface area contributed by atoms with Gasteiger partial charge in [0.15, 0.2) is 6.10 Å². The SMILES string of the molecule is Cl.Cl.Cl.O=C(O)C1CCCO1.[Cr]. The Hall–Kier alpha value is 0.832. The average Bonchev–Trinajstić information content (AvgIpc) is 2.12. The van der Waals surface area contributed by atoms with Crippen molar-refractivity contribution in [2.45, 2.75) is 18.9 Å². The van der Waals surface area contributed by atoms with Gasteiger partial charge in [0.05, 0.1) is 0 Å². The largest absolute Gasteiger partial charge is 0.479 e. The maximum atomic E-state index is 10.1.